The zero-order valence-electron chi connectivity index (χ0n) is 17.6. The number of ether oxygens (including phenoxy) is 1. The summed E-state index contributed by atoms with van der Waals surface area (Å²) in [6, 6.07) is 15.9. The summed E-state index contributed by atoms with van der Waals surface area (Å²) >= 11 is 0. The fraction of sp³-hybridized carbons (Fsp3) is 0.261. The topological polar surface area (TPSA) is 110 Å². The van der Waals surface area contributed by atoms with Crippen LogP contribution in [-0.4, -0.2) is 22.6 Å². The lowest BCUT2D eigenvalue weighted by Gasteiger charge is -2.25. The number of hydrogen-bond donors (Lipinski definition) is 2. The Balaban J connectivity index is 2.15. The van der Waals surface area contributed by atoms with E-state index in [1.54, 1.807) is 24.3 Å². The van der Waals surface area contributed by atoms with Crippen LogP contribution in [0.4, 0.5) is 11.5 Å². The zero-order valence-corrected chi connectivity index (χ0v) is 17.6. The number of amides is 1. The van der Waals surface area contributed by atoms with Crippen LogP contribution < -0.4 is 26.6 Å². The van der Waals surface area contributed by atoms with Crippen molar-refractivity contribution in [2.45, 2.75) is 32.9 Å². The van der Waals surface area contributed by atoms with Gasteiger partial charge in [-0.15, -0.1) is 0 Å². The Morgan fingerprint density at radius 1 is 1.13 bits per heavy atom. The highest BCUT2D eigenvalue weighted by atomic mass is 16.5. The minimum Gasteiger partial charge on any atom is -0.497 e. The second kappa shape index (κ2) is 9.80. The number of rotatable bonds is 8. The Labute approximate surface area is 179 Å². The van der Waals surface area contributed by atoms with Gasteiger partial charge < -0.3 is 10.5 Å². The van der Waals surface area contributed by atoms with Gasteiger partial charge in [0.2, 0.25) is 0 Å². The Morgan fingerprint density at radius 2 is 1.87 bits per heavy atom. The molecule has 1 aromatic heterocycles. The summed E-state index contributed by atoms with van der Waals surface area (Å²) in [6.07, 6.45) is 1.55. The molecule has 0 bridgehead atoms. The Kier molecular flexibility index (Phi) is 6.92. The highest BCUT2D eigenvalue weighted by Gasteiger charge is 2.25. The number of carbonyl (C=O) groups excluding carboxylic acids is 1. The number of nitrogens with one attached hydrogen (secondary N) is 1. The van der Waals surface area contributed by atoms with E-state index >= 15 is 0 Å². The molecule has 0 saturated carbocycles. The highest BCUT2D eigenvalue weighted by Crippen LogP contribution is 2.23. The average molecular weight is 422 g/mol. The van der Waals surface area contributed by atoms with Crippen molar-refractivity contribution in [3.63, 3.8) is 0 Å². The third-order valence-corrected chi connectivity index (χ3v) is 4.96. The second-order valence-electron chi connectivity index (χ2n) is 7.11. The SMILES string of the molecule is CCCCn1c(N)c(N(Cc2ccccc2)C(=O)c2cccc(OC)c2)c(=O)[nH]c1=O. The molecule has 0 spiro atoms. The maximum atomic E-state index is 13.5. The average Bonchev–Trinajstić information content (AvgIpc) is 2.78. The molecule has 0 atom stereocenters. The molecule has 8 heteroatoms. The van der Waals surface area contributed by atoms with Crippen LogP contribution in [0.5, 0.6) is 5.75 Å². The number of benzene rings is 2. The Hall–Kier alpha value is -3.81. The van der Waals surface area contributed by atoms with Crippen LogP contribution in [0.2, 0.25) is 0 Å². The number of methoxy groups -OCH3 is 1. The van der Waals surface area contributed by atoms with Crippen molar-refractivity contribution in [2.24, 2.45) is 0 Å². The molecule has 162 valence electrons. The number of aromatic amines is 1. The highest BCUT2D eigenvalue weighted by molar-refractivity contribution is 6.07. The number of anilines is 2. The van der Waals surface area contributed by atoms with Crippen molar-refractivity contribution in [2.75, 3.05) is 17.7 Å². The van der Waals surface area contributed by atoms with Gasteiger partial charge in [0, 0.05) is 12.1 Å². The van der Waals surface area contributed by atoms with Crippen molar-refractivity contribution in [1.29, 1.82) is 0 Å². The molecule has 1 heterocycles. The molecule has 0 aliphatic carbocycles. The molecule has 0 saturated heterocycles. The minimum absolute atomic E-state index is 0.0330. The Bertz CT molecular complexity index is 1170. The van der Waals surface area contributed by atoms with Gasteiger partial charge in [-0.3, -0.25) is 24.0 Å². The maximum absolute atomic E-state index is 13.5. The molecule has 0 fully saturated rings. The summed E-state index contributed by atoms with van der Waals surface area (Å²) in [4.78, 5) is 42.3. The van der Waals surface area contributed by atoms with Gasteiger partial charge in [-0.1, -0.05) is 49.7 Å². The van der Waals surface area contributed by atoms with Gasteiger partial charge in [0.25, 0.3) is 11.5 Å². The van der Waals surface area contributed by atoms with Crippen LogP contribution in [0, 0.1) is 0 Å². The number of nitrogens with zero attached hydrogens (tertiary/aromatic N) is 2. The fourth-order valence-corrected chi connectivity index (χ4v) is 3.31. The van der Waals surface area contributed by atoms with Crippen LogP contribution in [0.1, 0.15) is 35.7 Å². The van der Waals surface area contributed by atoms with E-state index < -0.39 is 17.2 Å². The summed E-state index contributed by atoms with van der Waals surface area (Å²) in [7, 11) is 1.51. The van der Waals surface area contributed by atoms with Gasteiger partial charge in [-0.2, -0.15) is 0 Å². The number of H-pyrrole nitrogens is 1. The number of unbranched alkanes of at least 4 members (excludes halogenated alkanes) is 1. The first kappa shape index (κ1) is 21.9. The first-order valence-electron chi connectivity index (χ1n) is 10.1. The maximum Gasteiger partial charge on any atom is 0.330 e. The molecule has 1 amide bonds. The van der Waals surface area contributed by atoms with E-state index in [1.807, 2.05) is 37.3 Å². The molecular formula is C23H26N4O4. The number of hydrogen-bond acceptors (Lipinski definition) is 5. The van der Waals surface area contributed by atoms with Gasteiger partial charge >= 0.3 is 5.69 Å². The summed E-state index contributed by atoms with van der Waals surface area (Å²) in [5, 5.41) is 0. The number of nitrogen functional groups attached to an aromatic ring is 1. The quantitative estimate of drug-likeness (QED) is 0.580. The number of nitrogens with two attached hydrogens (primary N) is 1. The smallest absolute Gasteiger partial charge is 0.330 e. The van der Waals surface area contributed by atoms with Crippen LogP contribution >= 0.6 is 0 Å². The second-order valence-corrected chi connectivity index (χ2v) is 7.11. The summed E-state index contributed by atoms with van der Waals surface area (Å²) in [6.45, 7) is 2.44. The molecule has 3 aromatic rings. The number of carbonyl (C=O) groups is 1. The van der Waals surface area contributed by atoms with Crippen molar-refractivity contribution < 1.29 is 9.53 Å². The molecule has 3 N–H and O–H groups in total. The van der Waals surface area contributed by atoms with Crippen LogP contribution in [0.3, 0.4) is 0 Å². The molecule has 0 radical (unpaired) electrons. The normalized spacial score (nSPS) is 10.6. The van der Waals surface area contributed by atoms with Gasteiger partial charge in [-0.05, 0) is 30.2 Å². The van der Waals surface area contributed by atoms with Crippen LogP contribution in [0.25, 0.3) is 0 Å². The molecule has 0 unspecified atom stereocenters. The van der Waals surface area contributed by atoms with E-state index in [1.165, 1.54) is 16.6 Å². The van der Waals surface area contributed by atoms with Crippen LogP contribution in [-0.2, 0) is 13.1 Å². The molecule has 31 heavy (non-hydrogen) atoms. The molecule has 0 aliphatic rings. The zero-order chi connectivity index (χ0) is 22.4. The monoisotopic (exact) mass is 422 g/mol. The van der Waals surface area contributed by atoms with E-state index in [-0.39, 0.29) is 18.1 Å². The lowest BCUT2D eigenvalue weighted by Crippen LogP contribution is -2.41. The molecule has 3 rings (SSSR count). The third-order valence-electron chi connectivity index (χ3n) is 4.96. The fourth-order valence-electron chi connectivity index (χ4n) is 3.31. The van der Waals surface area contributed by atoms with Crippen LogP contribution in [0.15, 0.2) is 64.2 Å². The van der Waals surface area contributed by atoms with Gasteiger partial charge in [0.05, 0.1) is 13.7 Å². The first-order chi connectivity index (χ1) is 15.0. The summed E-state index contributed by atoms with van der Waals surface area (Å²) < 4.78 is 6.53. The van der Waals surface area contributed by atoms with Gasteiger partial charge in [0.15, 0.2) is 5.69 Å². The van der Waals surface area contributed by atoms with Gasteiger partial charge in [0.1, 0.15) is 11.6 Å². The van der Waals surface area contributed by atoms with Crippen molar-refractivity contribution in [3.8, 4) is 5.75 Å². The molecule has 8 nitrogen and oxygen atoms in total. The largest absolute Gasteiger partial charge is 0.497 e. The van der Waals surface area contributed by atoms with Crippen molar-refractivity contribution in [1.82, 2.24) is 9.55 Å². The molecule has 2 aromatic carbocycles. The van der Waals surface area contributed by atoms with Crippen molar-refractivity contribution >= 4 is 17.4 Å². The van der Waals surface area contributed by atoms with E-state index in [4.69, 9.17) is 10.5 Å². The standard InChI is InChI=1S/C23H26N4O4/c1-3-4-13-26-20(24)19(21(28)25-23(26)30)27(15-16-9-6-5-7-10-16)22(29)17-11-8-12-18(14-17)31-2/h5-12,14H,3-4,13,15,24H2,1-2H3,(H,25,28,30). The molecular weight excluding hydrogens is 396 g/mol. The number of aromatic nitrogens is 2. The lowest BCUT2D eigenvalue weighted by atomic mass is 10.1. The predicted molar refractivity (Wildman–Crippen MR) is 121 cm³/mol. The third kappa shape index (κ3) is 4.85. The van der Waals surface area contributed by atoms with E-state index in [0.717, 1.165) is 12.0 Å². The Morgan fingerprint density at radius 3 is 2.55 bits per heavy atom. The minimum atomic E-state index is -0.706. The summed E-state index contributed by atoms with van der Waals surface area (Å²) in [5.74, 6) is 0.0512. The predicted octanol–water partition coefficient (Wildman–Crippen LogP) is 2.77. The molecule has 0 aliphatic heterocycles. The summed E-state index contributed by atoms with van der Waals surface area (Å²) in [5.41, 5.74) is 6.08. The lowest BCUT2D eigenvalue weighted by molar-refractivity contribution is 0.0984. The van der Waals surface area contributed by atoms with Crippen molar-refractivity contribution in [3.05, 3.63) is 86.6 Å². The van der Waals surface area contributed by atoms with E-state index in [0.29, 0.717) is 24.3 Å². The van der Waals surface area contributed by atoms with E-state index in [9.17, 15) is 14.4 Å². The van der Waals surface area contributed by atoms with E-state index in [2.05, 4.69) is 4.98 Å². The first-order valence-corrected chi connectivity index (χ1v) is 10.1. The van der Waals surface area contributed by atoms with Gasteiger partial charge in [-0.25, -0.2) is 4.79 Å².